The molecule has 0 amide bonds. The molecule has 1 aliphatic rings. The fraction of sp³-hybridized carbons (Fsp3) is 0.200. The second-order valence-corrected chi connectivity index (χ2v) is 8.08. The lowest BCUT2D eigenvalue weighted by atomic mass is 10.1. The van der Waals surface area contributed by atoms with E-state index in [9.17, 15) is 4.79 Å². The lowest BCUT2D eigenvalue weighted by Crippen LogP contribution is -2.21. The van der Waals surface area contributed by atoms with Crippen LogP contribution in [0.4, 0.5) is 0 Å². The van der Waals surface area contributed by atoms with Gasteiger partial charge in [0.15, 0.2) is 5.82 Å². The maximum Gasteiger partial charge on any atom is 0.340 e. The van der Waals surface area contributed by atoms with Crippen molar-refractivity contribution >= 4 is 40.9 Å². The number of nitrogens with zero attached hydrogens (tertiary/aromatic N) is 4. The van der Waals surface area contributed by atoms with E-state index in [1.807, 2.05) is 37.3 Å². The molecule has 0 aliphatic carbocycles. The number of esters is 1. The quantitative estimate of drug-likeness (QED) is 0.464. The van der Waals surface area contributed by atoms with E-state index >= 15 is 0 Å². The molecule has 3 heterocycles. The van der Waals surface area contributed by atoms with Gasteiger partial charge < -0.3 is 4.74 Å². The van der Waals surface area contributed by atoms with E-state index in [2.05, 4.69) is 33.5 Å². The van der Waals surface area contributed by atoms with Crippen molar-refractivity contribution in [2.24, 2.45) is 5.10 Å². The van der Waals surface area contributed by atoms with Gasteiger partial charge in [-0.05, 0) is 37.6 Å². The Morgan fingerprint density at radius 1 is 1.21 bits per heavy atom. The summed E-state index contributed by atoms with van der Waals surface area (Å²) in [5, 5.41) is 13.5. The summed E-state index contributed by atoms with van der Waals surface area (Å²) in [6, 6.07) is 14.3. The van der Waals surface area contributed by atoms with Crippen molar-refractivity contribution in [3.8, 4) is 10.4 Å². The Morgan fingerprint density at radius 2 is 2.04 bits per heavy atom. The van der Waals surface area contributed by atoms with E-state index in [1.165, 1.54) is 11.8 Å². The summed E-state index contributed by atoms with van der Waals surface area (Å²) in [5.74, 6) is 0.857. The summed E-state index contributed by atoms with van der Waals surface area (Å²) in [5.41, 5.74) is 2.28. The predicted octanol–water partition coefficient (Wildman–Crippen LogP) is 4.27. The number of fused-ring (bicyclic) bond motifs is 1. The standard InChI is InChI=1S/C20H18N4O2S2/c1-3-26-19(25)16(17-12-27-20-22-21-13(2)24(20)23-17)11-15-9-10-18(28-15)14-7-5-4-6-8-14/h4-11H,3,12H2,1-2H3/b16-11-. The van der Waals surface area contributed by atoms with Crippen LogP contribution < -0.4 is 0 Å². The minimum Gasteiger partial charge on any atom is -0.462 e. The van der Waals surface area contributed by atoms with Crippen molar-refractivity contribution in [3.63, 3.8) is 0 Å². The molecule has 8 heteroatoms. The van der Waals surface area contributed by atoms with Crippen LogP contribution in [0.15, 0.2) is 58.3 Å². The molecule has 0 N–H and O–H groups in total. The van der Waals surface area contributed by atoms with Gasteiger partial charge in [0.2, 0.25) is 5.16 Å². The van der Waals surface area contributed by atoms with Crippen LogP contribution in [0, 0.1) is 6.92 Å². The molecule has 0 unspecified atom stereocenters. The van der Waals surface area contributed by atoms with Crippen molar-refractivity contribution in [2.45, 2.75) is 19.0 Å². The van der Waals surface area contributed by atoms with Crippen LogP contribution in [-0.2, 0) is 9.53 Å². The average molecular weight is 411 g/mol. The highest BCUT2D eigenvalue weighted by molar-refractivity contribution is 7.99. The minimum atomic E-state index is -0.370. The molecule has 142 valence electrons. The third kappa shape index (κ3) is 3.79. The number of thiophene rings is 1. The number of carbonyl (C=O) groups is 1. The highest BCUT2D eigenvalue weighted by atomic mass is 32.2. The monoisotopic (exact) mass is 410 g/mol. The molecule has 0 bridgehead atoms. The number of ether oxygens (including phenoxy) is 1. The van der Waals surface area contributed by atoms with Gasteiger partial charge in [0, 0.05) is 15.5 Å². The third-order valence-electron chi connectivity index (χ3n) is 4.10. The summed E-state index contributed by atoms with van der Waals surface area (Å²) in [7, 11) is 0. The van der Waals surface area contributed by atoms with Crippen LogP contribution in [0.5, 0.6) is 0 Å². The SMILES string of the molecule is CCOC(=O)/C(=C\c1ccc(-c2ccccc2)s1)C1=Nn2c(C)nnc2SC1. The topological polar surface area (TPSA) is 69.4 Å². The number of aromatic nitrogens is 3. The molecule has 1 aromatic carbocycles. The number of aryl methyl sites for hydroxylation is 1. The number of benzene rings is 1. The van der Waals surface area contributed by atoms with Crippen LogP contribution in [0.2, 0.25) is 0 Å². The first-order chi connectivity index (χ1) is 13.7. The molecule has 4 rings (SSSR count). The van der Waals surface area contributed by atoms with Gasteiger partial charge in [-0.3, -0.25) is 0 Å². The van der Waals surface area contributed by atoms with Crippen LogP contribution in [0.1, 0.15) is 17.6 Å². The summed E-state index contributed by atoms with van der Waals surface area (Å²) in [6.45, 7) is 3.95. The van der Waals surface area contributed by atoms with E-state index < -0.39 is 0 Å². The largest absolute Gasteiger partial charge is 0.462 e. The van der Waals surface area contributed by atoms with Crippen molar-refractivity contribution in [2.75, 3.05) is 12.4 Å². The number of thioether (sulfide) groups is 1. The fourth-order valence-corrected chi connectivity index (χ4v) is 4.59. The van der Waals surface area contributed by atoms with E-state index in [1.54, 1.807) is 22.9 Å². The molecule has 0 radical (unpaired) electrons. The molecule has 0 saturated heterocycles. The maximum absolute atomic E-state index is 12.6. The van der Waals surface area contributed by atoms with Crippen LogP contribution >= 0.6 is 23.1 Å². The molecule has 0 spiro atoms. The molecule has 6 nitrogen and oxygen atoms in total. The first-order valence-corrected chi connectivity index (χ1v) is 10.6. The fourth-order valence-electron chi connectivity index (χ4n) is 2.76. The van der Waals surface area contributed by atoms with Crippen molar-refractivity contribution in [1.82, 2.24) is 14.9 Å². The number of hydrogen-bond acceptors (Lipinski definition) is 7. The van der Waals surface area contributed by atoms with Crippen LogP contribution in [-0.4, -0.2) is 38.9 Å². The summed E-state index contributed by atoms with van der Waals surface area (Å²) in [4.78, 5) is 14.8. The molecule has 0 saturated carbocycles. The zero-order valence-electron chi connectivity index (χ0n) is 15.5. The van der Waals surface area contributed by atoms with Gasteiger partial charge in [-0.1, -0.05) is 42.1 Å². The molecule has 0 atom stereocenters. The smallest absolute Gasteiger partial charge is 0.340 e. The Balaban J connectivity index is 1.71. The average Bonchev–Trinajstić information content (AvgIpc) is 3.34. The Kier molecular flexibility index (Phi) is 5.40. The predicted molar refractivity (Wildman–Crippen MR) is 113 cm³/mol. The zero-order valence-corrected chi connectivity index (χ0v) is 17.1. The van der Waals surface area contributed by atoms with Gasteiger partial charge in [-0.25, -0.2) is 4.79 Å². The number of carbonyl (C=O) groups excluding carboxylic acids is 1. The molecule has 1 aliphatic heterocycles. The second kappa shape index (κ2) is 8.12. The minimum absolute atomic E-state index is 0.313. The van der Waals surface area contributed by atoms with E-state index in [-0.39, 0.29) is 5.97 Å². The molecule has 2 aromatic heterocycles. The zero-order chi connectivity index (χ0) is 19.5. The Labute approximate surface area is 171 Å². The molecule has 28 heavy (non-hydrogen) atoms. The number of rotatable bonds is 5. The van der Waals surface area contributed by atoms with E-state index in [0.717, 1.165) is 20.5 Å². The van der Waals surface area contributed by atoms with Gasteiger partial charge in [-0.15, -0.1) is 21.5 Å². The third-order valence-corrected chi connectivity index (χ3v) is 6.12. The van der Waals surface area contributed by atoms with Crippen LogP contribution in [0.3, 0.4) is 0 Å². The van der Waals surface area contributed by atoms with Crippen LogP contribution in [0.25, 0.3) is 16.5 Å². The summed E-state index contributed by atoms with van der Waals surface area (Å²) >= 11 is 3.13. The van der Waals surface area contributed by atoms with Crippen molar-refractivity contribution in [1.29, 1.82) is 0 Å². The molecule has 0 fully saturated rings. The van der Waals surface area contributed by atoms with Gasteiger partial charge in [0.1, 0.15) is 0 Å². The highest BCUT2D eigenvalue weighted by Crippen LogP contribution is 2.30. The highest BCUT2D eigenvalue weighted by Gasteiger charge is 2.24. The van der Waals surface area contributed by atoms with Crippen molar-refractivity contribution in [3.05, 3.63) is 58.7 Å². The first-order valence-electron chi connectivity index (χ1n) is 8.83. The number of hydrogen-bond donors (Lipinski definition) is 0. The molecular weight excluding hydrogens is 392 g/mol. The molecular formula is C20H18N4O2S2. The van der Waals surface area contributed by atoms with E-state index in [0.29, 0.717) is 29.5 Å². The summed E-state index contributed by atoms with van der Waals surface area (Å²) < 4.78 is 6.95. The van der Waals surface area contributed by atoms with Crippen molar-refractivity contribution < 1.29 is 9.53 Å². The molecule has 3 aromatic rings. The Morgan fingerprint density at radius 3 is 2.82 bits per heavy atom. The van der Waals surface area contributed by atoms with E-state index in [4.69, 9.17) is 4.74 Å². The maximum atomic E-state index is 12.6. The van der Waals surface area contributed by atoms with Gasteiger partial charge in [-0.2, -0.15) is 9.78 Å². The van der Waals surface area contributed by atoms with Gasteiger partial charge in [0.05, 0.1) is 17.9 Å². The Hall–Kier alpha value is -2.71. The first kappa shape index (κ1) is 18.6. The lowest BCUT2D eigenvalue weighted by molar-refractivity contribution is -0.137. The second-order valence-electron chi connectivity index (χ2n) is 6.02. The Bertz CT molecular complexity index is 1070. The van der Waals surface area contributed by atoms with Gasteiger partial charge >= 0.3 is 5.97 Å². The lowest BCUT2D eigenvalue weighted by Gasteiger charge is -2.15. The summed E-state index contributed by atoms with van der Waals surface area (Å²) in [6.07, 6.45) is 1.86. The normalized spacial score (nSPS) is 13.8. The van der Waals surface area contributed by atoms with Gasteiger partial charge in [0.25, 0.3) is 0 Å².